The van der Waals surface area contributed by atoms with Crippen LogP contribution in [0.5, 0.6) is 5.75 Å². The van der Waals surface area contributed by atoms with Crippen molar-refractivity contribution in [3.05, 3.63) is 78.3 Å². The Bertz CT molecular complexity index is 1120. The van der Waals surface area contributed by atoms with Crippen LogP contribution < -0.4 is 15.0 Å². The lowest BCUT2D eigenvalue weighted by molar-refractivity contribution is -0.122. The maximum Gasteiger partial charge on any atom is 0.374 e. The summed E-state index contributed by atoms with van der Waals surface area (Å²) in [5.74, 6) is -0.266. The predicted octanol–water partition coefficient (Wildman–Crippen LogP) is 3.78. The first kappa shape index (κ1) is 21.2. The van der Waals surface area contributed by atoms with Gasteiger partial charge in [0.1, 0.15) is 18.1 Å². The van der Waals surface area contributed by atoms with Gasteiger partial charge in [0.2, 0.25) is 11.7 Å². The van der Waals surface area contributed by atoms with Gasteiger partial charge >= 0.3 is 5.97 Å². The number of esters is 1. The van der Waals surface area contributed by atoms with Gasteiger partial charge in [-0.3, -0.25) is 9.59 Å². The third kappa shape index (κ3) is 4.80. The minimum absolute atomic E-state index is 0.0226. The number of benzene rings is 2. The first-order chi connectivity index (χ1) is 15.5. The Balaban J connectivity index is 1.37. The Kier molecular flexibility index (Phi) is 6.21. The van der Waals surface area contributed by atoms with Crippen LogP contribution in [0.15, 0.2) is 71.1 Å². The van der Waals surface area contributed by atoms with Gasteiger partial charge in [0.25, 0.3) is 5.91 Å². The van der Waals surface area contributed by atoms with E-state index >= 15 is 0 Å². The molecule has 0 aliphatic carbocycles. The Morgan fingerprint density at radius 1 is 1.06 bits per heavy atom. The molecular formula is C24H22N2O6. The molecule has 2 aromatic carbocycles. The van der Waals surface area contributed by atoms with Crippen LogP contribution in [0.3, 0.4) is 0 Å². The summed E-state index contributed by atoms with van der Waals surface area (Å²) < 4.78 is 16.2. The van der Waals surface area contributed by atoms with E-state index in [1.54, 1.807) is 37.3 Å². The smallest absolute Gasteiger partial charge is 0.374 e. The molecule has 2 amide bonds. The number of hydrogen-bond donors (Lipinski definition) is 1. The number of amides is 2. The van der Waals surface area contributed by atoms with Crippen molar-refractivity contribution in [3.63, 3.8) is 0 Å². The van der Waals surface area contributed by atoms with Crippen LogP contribution in [0, 0.1) is 0 Å². The molecule has 0 radical (unpaired) electrons. The van der Waals surface area contributed by atoms with Crippen molar-refractivity contribution in [2.75, 3.05) is 16.8 Å². The van der Waals surface area contributed by atoms with Crippen LogP contribution in [0.2, 0.25) is 0 Å². The van der Waals surface area contributed by atoms with E-state index in [1.165, 1.54) is 11.0 Å². The molecule has 1 aliphatic heterocycles. The van der Waals surface area contributed by atoms with Gasteiger partial charge in [0.15, 0.2) is 6.61 Å². The van der Waals surface area contributed by atoms with E-state index in [1.807, 2.05) is 30.3 Å². The number of anilines is 2. The minimum Gasteiger partial charge on any atom is -0.486 e. The fraction of sp³-hybridized carbons (Fsp3) is 0.208. The molecule has 1 unspecified atom stereocenters. The number of fused-ring (bicyclic) bond motifs is 1. The highest BCUT2D eigenvalue weighted by molar-refractivity contribution is 6.05. The zero-order valence-corrected chi connectivity index (χ0v) is 17.4. The molecule has 0 spiro atoms. The van der Waals surface area contributed by atoms with E-state index in [0.717, 1.165) is 0 Å². The number of para-hydroxylation sites is 3. The van der Waals surface area contributed by atoms with Crippen molar-refractivity contribution < 1.29 is 28.3 Å². The first-order valence-electron chi connectivity index (χ1n) is 10.2. The lowest BCUT2D eigenvalue weighted by atomic mass is 10.1. The Morgan fingerprint density at radius 3 is 2.62 bits per heavy atom. The number of rotatable bonds is 6. The Morgan fingerprint density at radius 2 is 1.81 bits per heavy atom. The van der Waals surface area contributed by atoms with Gasteiger partial charge in [-0.1, -0.05) is 30.3 Å². The van der Waals surface area contributed by atoms with E-state index < -0.39 is 24.5 Å². The highest BCUT2D eigenvalue weighted by atomic mass is 16.6. The molecule has 1 atom stereocenters. The van der Waals surface area contributed by atoms with Gasteiger partial charge in [-0.15, -0.1) is 0 Å². The molecule has 0 saturated carbocycles. The number of nitrogens with one attached hydrogen (secondary N) is 1. The van der Waals surface area contributed by atoms with Crippen molar-refractivity contribution in [2.24, 2.45) is 0 Å². The zero-order valence-electron chi connectivity index (χ0n) is 17.4. The second kappa shape index (κ2) is 9.38. The molecule has 3 aromatic rings. The van der Waals surface area contributed by atoms with Gasteiger partial charge in [-0.05, 0) is 43.3 Å². The number of hydrogen-bond acceptors (Lipinski definition) is 6. The summed E-state index contributed by atoms with van der Waals surface area (Å²) >= 11 is 0. The predicted molar refractivity (Wildman–Crippen MR) is 116 cm³/mol. The third-order valence-corrected chi connectivity index (χ3v) is 4.94. The summed E-state index contributed by atoms with van der Waals surface area (Å²) in [5, 5.41) is 2.79. The fourth-order valence-electron chi connectivity index (χ4n) is 3.47. The molecule has 0 saturated heterocycles. The molecule has 8 nitrogen and oxygen atoms in total. The summed E-state index contributed by atoms with van der Waals surface area (Å²) in [7, 11) is 0. The topological polar surface area (TPSA) is 98.1 Å². The van der Waals surface area contributed by atoms with Crippen molar-refractivity contribution in [1.82, 2.24) is 0 Å². The average Bonchev–Trinajstić information content (AvgIpc) is 3.22. The van der Waals surface area contributed by atoms with Gasteiger partial charge < -0.3 is 24.1 Å². The second-order valence-corrected chi connectivity index (χ2v) is 7.33. The fourth-order valence-corrected chi connectivity index (χ4v) is 3.47. The van der Waals surface area contributed by atoms with Crippen LogP contribution in [-0.2, 0) is 20.9 Å². The van der Waals surface area contributed by atoms with Crippen LogP contribution >= 0.6 is 0 Å². The molecule has 164 valence electrons. The molecule has 0 bridgehead atoms. The van der Waals surface area contributed by atoms with Crippen LogP contribution in [0.4, 0.5) is 11.4 Å². The van der Waals surface area contributed by atoms with E-state index in [2.05, 4.69) is 5.32 Å². The lowest BCUT2D eigenvalue weighted by Crippen LogP contribution is -2.41. The van der Waals surface area contributed by atoms with Gasteiger partial charge in [-0.2, -0.15) is 0 Å². The molecule has 1 aliphatic rings. The number of carbonyl (C=O) groups is 3. The summed E-state index contributed by atoms with van der Waals surface area (Å²) in [6.45, 7) is 1.44. The summed E-state index contributed by atoms with van der Waals surface area (Å²) in [6, 6.07) is 18.9. The zero-order chi connectivity index (χ0) is 22.5. The Hall–Kier alpha value is -4.07. The largest absolute Gasteiger partial charge is 0.486 e. The molecule has 1 N–H and O–H groups in total. The second-order valence-electron chi connectivity index (χ2n) is 7.33. The average molecular weight is 434 g/mol. The van der Waals surface area contributed by atoms with Crippen molar-refractivity contribution in [1.29, 1.82) is 0 Å². The third-order valence-electron chi connectivity index (χ3n) is 4.94. The SMILES string of the molecule is CC1CC(=O)Nc2ccccc2N1C(=O)COC(=O)c1ccc(COc2ccccc2)o1. The highest BCUT2D eigenvalue weighted by Gasteiger charge is 2.30. The van der Waals surface area contributed by atoms with Crippen molar-refractivity contribution >= 4 is 29.2 Å². The summed E-state index contributed by atoms with van der Waals surface area (Å²) in [5.41, 5.74) is 1.10. The van der Waals surface area contributed by atoms with Gasteiger partial charge in [0, 0.05) is 12.5 Å². The molecule has 32 heavy (non-hydrogen) atoms. The number of carbonyl (C=O) groups excluding carboxylic acids is 3. The molecule has 2 heterocycles. The number of furan rings is 1. The van der Waals surface area contributed by atoms with Crippen LogP contribution in [0.25, 0.3) is 0 Å². The maximum atomic E-state index is 12.9. The number of nitrogens with zero attached hydrogens (tertiary/aromatic N) is 1. The molecule has 4 rings (SSSR count). The van der Waals surface area contributed by atoms with E-state index in [-0.39, 0.29) is 24.7 Å². The lowest BCUT2D eigenvalue weighted by Gasteiger charge is -2.27. The van der Waals surface area contributed by atoms with Crippen molar-refractivity contribution in [3.8, 4) is 5.75 Å². The van der Waals surface area contributed by atoms with Crippen LogP contribution in [-0.4, -0.2) is 30.4 Å². The van der Waals surface area contributed by atoms with E-state index in [4.69, 9.17) is 13.9 Å². The normalized spacial score (nSPS) is 15.3. The molecular weight excluding hydrogens is 412 g/mol. The molecule has 8 heteroatoms. The Labute approximate surface area is 184 Å². The summed E-state index contributed by atoms with van der Waals surface area (Å²) in [6.07, 6.45) is 0.136. The number of ether oxygens (including phenoxy) is 2. The van der Waals surface area contributed by atoms with Gasteiger partial charge in [-0.25, -0.2) is 4.79 Å². The summed E-state index contributed by atoms with van der Waals surface area (Å²) in [4.78, 5) is 38.8. The highest BCUT2D eigenvalue weighted by Crippen LogP contribution is 2.31. The van der Waals surface area contributed by atoms with E-state index in [0.29, 0.717) is 22.9 Å². The standard InChI is InChI=1S/C24H22N2O6/c1-16-13-22(27)25-19-9-5-6-10-20(19)26(16)23(28)15-31-24(29)21-12-11-18(32-21)14-30-17-7-3-2-4-8-17/h2-12,16H,13-15H2,1H3,(H,25,27). The van der Waals surface area contributed by atoms with E-state index in [9.17, 15) is 14.4 Å². The quantitative estimate of drug-likeness (QED) is 0.593. The monoisotopic (exact) mass is 434 g/mol. The van der Waals surface area contributed by atoms with Gasteiger partial charge in [0.05, 0.1) is 11.4 Å². The maximum absolute atomic E-state index is 12.9. The molecule has 1 aromatic heterocycles. The van der Waals surface area contributed by atoms with Crippen LogP contribution in [0.1, 0.15) is 29.7 Å². The van der Waals surface area contributed by atoms with Crippen molar-refractivity contribution in [2.45, 2.75) is 26.0 Å². The minimum atomic E-state index is -0.755. The first-order valence-corrected chi connectivity index (χ1v) is 10.2. The molecule has 0 fully saturated rings.